The molecule has 6 aliphatic rings. The van der Waals surface area contributed by atoms with Crippen LogP contribution in [0.1, 0.15) is 96.1 Å². The zero-order valence-electron chi connectivity index (χ0n) is 50.5. The zero-order valence-corrected chi connectivity index (χ0v) is 55.0. The average Bonchev–Trinajstić information content (AvgIpc) is 1.58. The van der Waals surface area contributed by atoms with Crippen molar-refractivity contribution in [2.45, 2.75) is 165 Å². The van der Waals surface area contributed by atoms with Gasteiger partial charge in [-0.15, -0.1) is 30.0 Å². The van der Waals surface area contributed by atoms with E-state index in [0.717, 1.165) is 37.5 Å². The van der Waals surface area contributed by atoms with Crippen molar-refractivity contribution in [2.24, 2.45) is 24.9 Å². The van der Waals surface area contributed by atoms with Crippen molar-refractivity contribution in [1.82, 2.24) is 40.0 Å². The minimum Gasteiger partial charge on any atom is -0.850 e. The van der Waals surface area contributed by atoms with Gasteiger partial charge in [-0.2, -0.15) is 68.7 Å². The van der Waals surface area contributed by atoms with Gasteiger partial charge in [-0.25, -0.2) is 0 Å². The summed E-state index contributed by atoms with van der Waals surface area (Å²) in [4.78, 5) is 54.5. The maximum Gasteiger partial charge on any atom is 1.00 e. The summed E-state index contributed by atoms with van der Waals surface area (Å²) in [6.07, 6.45) is -7.76. The number of nitrogens with one attached hydrogen (secondary N) is 2. The van der Waals surface area contributed by atoms with Gasteiger partial charge in [0.05, 0.1) is 41.1 Å². The molecule has 2 aromatic heterocycles. The van der Waals surface area contributed by atoms with Crippen molar-refractivity contribution in [3.05, 3.63) is 103 Å². The molecule has 4 heterocycles. The van der Waals surface area contributed by atoms with Gasteiger partial charge in [0, 0.05) is 72.2 Å². The third-order valence-electron chi connectivity index (χ3n) is 15.9. The zero-order chi connectivity index (χ0) is 66.4. The summed E-state index contributed by atoms with van der Waals surface area (Å²) < 4.78 is 153. The van der Waals surface area contributed by atoms with Gasteiger partial charge in [-0.05, 0) is 112 Å². The van der Waals surface area contributed by atoms with E-state index in [1.165, 1.54) is 53.0 Å². The number of thioether (sulfide) groups is 1. The third kappa shape index (κ3) is 17.2. The molecule has 484 valence electrons. The molecule has 2 saturated heterocycles. The molecule has 6 fully saturated rings. The number of likely N-dealkylation sites (tertiary alicyclic amines) is 2. The summed E-state index contributed by atoms with van der Waals surface area (Å²) in [7, 11) is -0.713. The van der Waals surface area contributed by atoms with Crippen molar-refractivity contribution in [3.63, 3.8) is 0 Å². The van der Waals surface area contributed by atoms with Crippen LogP contribution in [0, 0.1) is 40.4 Å². The Morgan fingerprint density at radius 1 is 0.681 bits per heavy atom. The summed E-state index contributed by atoms with van der Waals surface area (Å²) in [6.45, 7) is 6.41. The molecule has 2 aliphatic heterocycles. The molecule has 31 heteroatoms. The van der Waals surface area contributed by atoms with E-state index in [0.29, 0.717) is 36.8 Å². The van der Waals surface area contributed by atoms with E-state index in [9.17, 15) is 82.7 Å². The SMILES string of the molecule is CC(C)(C)[O-].Cc1cc(-c2cnn(C)c2)ccc1S[C@@H]1C[C@@H](C(=O)NC2(C#N)CC2)N(C(=O)C2(C(F)(F)F)CC2)C1.Cn1cc(-c2ccc(S)c(C(F)(F)F)c2)cn1.N#CC1(NC(=O)[C@@H]2C[C@H](OS(=O)(=O)c3ccccc3)CN2C(=O)C2(C(F)(F)F)CC2)CC1.[Na+]. The van der Waals surface area contributed by atoms with E-state index in [2.05, 4.69) is 39.5 Å². The number of halogens is 9. The number of thiol groups is 1. The number of carbonyl (C=O) groups is 4. The Kier molecular flexibility index (Phi) is 21.5. The van der Waals surface area contributed by atoms with Crippen LogP contribution in [0.5, 0.6) is 0 Å². The first kappa shape index (κ1) is 72.3. The third-order valence-corrected chi connectivity index (χ3v) is 19.0. The van der Waals surface area contributed by atoms with Crippen LogP contribution in [0.3, 0.4) is 0 Å². The van der Waals surface area contributed by atoms with Gasteiger partial charge in [0.1, 0.15) is 34.0 Å². The summed E-state index contributed by atoms with van der Waals surface area (Å²) in [5, 5.41) is 41.7. The number of benzene rings is 3. The summed E-state index contributed by atoms with van der Waals surface area (Å²) in [6, 6.07) is 18.7. The predicted octanol–water partition coefficient (Wildman–Crippen LogP) is 6.39. The molecule has 0 radical (unpaired) electrons. The summed E-state index contributed by atoms with van der Waals surface area (Å²) in [5.41, 5.74) is -4.42. The van der Waals surface area contributed by atoms with Crippen LogP contribution in [0.2, 0.25) is 0 Å². The van der Waals surface area contributed by atoms with Crippen molar-refractivity contribution < 1.29 is 106 Å². The molecule has 4 amide bonds. The van der Waals surface area contributed by atoms with Gasteiger partial charge in [0.25, 0.3) is 10.1 Å². The van der Waals surface area contributed by atoms with E-state index in [1.807, 2.05) is 44.4 Å². The molecule has 4 saturated carbocycles. The number of carbonyl (C=O) groups excluding carboxylic acids is 4. The molecular weight excluding hydrogens is 1280 g/mol. The second-order valence-corrected chi connectivity index (χ2v) is 27.7. The number of hydrogen-bond acceptors (Lipinski definition) is 14. The Labute approximate surface area is 551 Å². The second-order valence-electron chi connectivity index (χ2n) is 24.3. The van der Waals surface area contributed by atoms with E-state index in [-0.39, 0.29) is 76.8 Å². The fraction of sp³-hybridized carbons (Fsp3) is 0.500. The minimum atomic E-state index is -4.79. The molecule has 4 atom stereocenters. The molecule has 11 rings (SSSR count). The Morgan fingerprint density at radius 3 is 1.52 bits per heavy atom. The first-order valence-electron chi connectivity index (χ1n) is 28.3. The van der Waals surface area contributed by atoms with E-state index in [4.69, 9.17) is 4.18 Å². The number of nitrogens with zero attached hydrogens (tertiary/aromatic N) is 8. The van der Waals surface area contributed by atoms with Gasteiger partial charge in [-0.3, -0.25) is 32.7 Å². The van der Waals surface area contributed by atoms with Crippen LogP contribution in [0.25, 0.3) is 22.3 Å². The van der Waals surface area contributed by atoms with Gasteiger partial charge < -0.3 is 25.5 Å². The van der Waals surface area contributed by atoms with Gasteiger partial charge in [0.2, 0.25) is 23.6 Å². The normalized spacial score (nSPS) is 21.3. The van der Waals surface area contributed by atoms with E-state index < -0.39 is 123 Å². The minimum absolute atomic E-state index is 0. The predicted molar refractivity (Wildman–Crippen MR) is 309 cm³/mol. The number of hydrogen-bond donors (Lipinski definition) is 3. The molecule has 0 unspecified atom stereocenters. The average molecular weight is 1340 g/mol. The first-order chi connectivity index (χ1) is 41.8. The van der Waals surface area contributed by atoms with Gasteiger partial charge in [0.15, 0.2) is 0 Å². The van der Waals surface area contributed by atoms with Crippen molar-refractivity contribution in [1.29, 1.82) is 10.5 Å². The van der Waals surface area contributed by atoms with E-state index in [1.54, 1.807) is 57.0 Å². The number of alkyl halides is 9. The van der Waals surface area contributed by atoms with Crippen molar-refractivity contribution in [3.8, 4) is 34.4 Å². The fourth-order valence-corrected chi connectivity index (χ4v) is 12.8. The number of aryl methyl sites for hydroxylation is 3. The van der Waals surface area contributed by atoms with Crippen LogP contribution in [-0.2, 0) is 53.8 Å². The standard InChI is InChI=1S/C25H26F3N5O2S.C20H20F3N3O5S.C11H9F3N2S.C4H9O.Na/c1-15-9-16(17-11-30-32(2)12-17)3-4-20(15)36-18-10-19(21(34)31-23(14-29)5-6-23)33(13-18)22(35)24(7-8-24)25(26,27)28;21-20(22,23)19(8-9-19)17(28)26-11-13(31-32(29,30)14-4-2-1-3-5-14)10-15(26)16(27)25-18(12-24)6-7-18;1-16-6-8(5-15-16)7-2-3-10(17)9(4-7)11(12,13)14;1-4(2,3)5;/h3-4,9,11-12,18-19H,5-8,10,13H2,1-2H3,(H,31,34);1-5,13,15H,6-11H2,(H,25,27);2-6,17H,1H3;1-3H3;/q;;;-1;+1/t18-,19+;13-,15-;;;/m10.../s1. The number of aromatic nitrogens is 4. The number of nitriles is 2. The van der Waals surface area contributed by atoms with Crippen LogP contribution in [0.15, 0.2) is 106 Å². The largest absolute Gasteiger partial charge is 1.00 e. The molecule has 18 nitrogen and oxygen atoms in total. The number of rotatable bonds is 13. The van der Waals surface area contributed by atoms with Crippen LogP contribution >= 0.6 is 24.4 Å². The second kappa shape index (κ2) is 27.1. The Hall–Kier alpha value is -6.12. The smallest absolute Gasteiger partial charge is 0.850 e. The van der Waals surface area contributed by atoms with Crippen LogP contribution in [-0.4, -0.2) is 127 Å². The monoisotopic (exact) mass is 1340 g/mol. The quantitative estimate of drug-likeness (QED) is 0.0501. The van der Waals surface area contributed by atoms with Crippen molar-refractivity contribution >= 4 is 58.1 Å². The first-order valence-corrected chi connectivity index (χ1v) is 31.1. The Balaban J connectivity index is 0.000000195. The molecule has 0 bridgehead atoms. The van der Waals surface area contributed by atoms with Gasteiger partial charge >= 0.3 is 48.1 Å². The van der Waals surface area contributed by atoms with Crippen LogP contribution < -0.4 is 45.3 Å². The maximum atomic E-state index is 13.7. The Morgan fingerprint density at radius 2 is 1.12 bits per heavy atom. The number of amides is 4. The molecule has 5 aromatic rings. The molecule has 3 aromatic carbocycles. The molecule has 0 spiro atoms. The maximum absolute atomic E-state index is 13.7. The molecule has 4 aliphatic carbocycles. The van der Waals surface area contributed by atoms with Gasteiger partial charge in [-0.1, -0.05) is 57.2 Å². The topological polar surface area (TPSA) is 248 Å². The fourth-order valence-electron chi connectivity index (χ4n) is 10.2. The van der Waals surface area contributed by atoms with Crippen LogP contribution in [0.4, 0.5) is 39.5 Å². The molecule has 2 N–H and O–H groups in total. The molecular formula is C60H64F9N10NaO8S3. The Bertz CT molecular complexity index is 3710. The summed E-state index contributed by atoms with van der Waals surface area (Å²) in [5.74, 6) is -3.63. The summed E-state index contributed by atoms with van der Waals surface area (Å²) >= 11 is 5.28. The van der Waals surface area contributed by atoms with E-state index >= 15 is 0 Å². The molecule has 91 heavy (non-hydrogen) atoms. The van der Waals surface area contributed by atoms with Crippen molar-refractivity contribution in [2.75, 3.05) is 13.1 Å².